The van der Waals surface area contributed by atoms with Crippen molar-refractivity contribution in [1.82, 2.24) is 14.9 Å². The first-order valence-electron chi connectivity index (χ1n) is 10.7. The fourth-order valence-corrected chi connectivity index (χ4v) is 4.23. The van der Waals surface area contributed by atoms with Gasteiger partial charge >= 0.3 is 0 Å². The number of piperidine rings is 1. The highest BCUT2D eigenvalue weighted by Crippen LogP contribution is 2.31. The number of hydrogen-bond acceptors (Lipinski definition) is 4. The van der Waals surface area contributed by atoms with Gasteiger partial charge in [0.25, 0.3) is 0 Å². The molecule has 1 aliphatic rings. The van der Waals surface area contributed by atoms with Gasteiger partial charge in [-0.15, -0.1) is 0 Å². The maximum Gasteiger partial charge on any atom is 0.227 e. The fraction of sp³-hybridized carbons (Fsp3) is 0.375. The van der Waals surface area contributed by atoms with E-state index in [1.165, 1.54) is 6.07 Å². The Kier molecular flexibility index (Phi) is 5.93. The molecule has 1 amide bonds. The summed E-state index contributed by atoms with van der Waals surface area (Å²) in [5.41, 5.74) is 1.16. The van der Waals surface area contributed by atoms with E-state index in [0.717, 1.165) is 49.2 Å². The van der Waals surface area contributed by atoms with Crippen LogP contribution in [0.3, 0.4) is 0 Å². The van der Waals surface area contributed by atoms with Crippen molar-refractivity contribution in [1.29, 1.82) is 0 Å². The number of nitrogens with zero attached hydrogens (tertiary/aromatic N) is 4. The van der Waals surface area contributed by atoms with Gasteiger partial charge in [0, 0.05) is 31.6 Å². The van der Waals surface area contributed by atoms with Gasteiger partial charge in [-0.2, -0.15) is 0 Å². The number of rotatable bonds is 5. The highest BCUT2D eigenvalue weighted by Gasteiger charge is 2.30. The molecule has 2 heterocycles. The van der Waals surface area contributed by atoms with E-state index in [1.807, 2.05) is 43.0 Å². The number of para-hydroxylation sites is 1. The Morgan fingerprint density at radius 2 is 1.83 bits per heavy atom. The van der Waals surface area contributed by atoms with E-state index in [2.05, 4.69) is 9.88 Å². The van der Waals surface area contributed by atoms with Gasteiger partial charge in [0.2, 0.25) is 5.91 Å². The third-order valence-corrected chi connectivity index (χ3v) is 5.84. The monoisotopic (exact) mass is 406 g/mol. The Labute approximate surface area is 176 Å². The molecule has 1 atom stereocenters. The van der Waals surface area contributed by atoms with E-state index >= 15 is 0 Å². The number of benzene rings is 2. The lowest BCUT2D eigenvalue weighted by molar-refractivity contribution is -0.135. The van der Waals surface area contributed by atoms with Crippen LogP contribution in [0.4, 0.5) is 10.2 Å². The number of anilines is 1. The summed E-state index contributed by atoms with van der Waals surface area (Å²) >= 11 is 0. The maximum absolute atomic E-state index is 14.4. The molecule has 30 heavy (non-hydrogen) atoms. The summed E-state index contributed by atoms with van der Waals surface area (Å²) in [6, 6.07) is 14.4. The van der Waals surface area contributed by atoms with Crippen LogP contribution >= 0.6 is 0 Å². The minimum Gasteiger partial charge on any atom is -0.355 e. The van der Waals surface area contributed by atoms with Crippen LogP contribution in [0.25, 0.3) is 22.3 Å². The summed E-state index contributed by atoms with van der Waals surface area (Å²) in [6.07, 6.45) is 1.81. The lowest BCUT2D eigenvalue weighted by Crippen LogP contribution is -2.45. The van der Waals surface area contributed by atoms with Gasteiger partial charge < -0.3 is 9.80 Å². The molecule has 0 bridgehead atoms. The van der Waals surface area contributed by atoms with Gasteiger partial charge in [0.1, 0.15) is 11.6 Å². The van der Waals surface area contributed by atoms with Crippen LogP contribution in [0, 0.1) is 11.7 Å². The van der Waals surface area contributed by atoms with Crippen molar-refractivity contribution in [3.05, 3.63) is 54.3 Å². The summed E-state index contributed by atoms with van der Waals surface area (Å²) in [6.45, 7) is 6.91. The Bertz CT molecular complexity index is 1050. The third kappa shape index (κ3) is 3.86. The average molecular weight is 407 g/mol. The van der Waals surface area contributed by atoms with Crippen LogP contribution in [-0.2, 0) is 4.79 Å². The zero-order chi connectivity index (χ0) is 21.1. The van der Waals surface area contributed by atoms with E-state index in [-0.39, 0.29) is 17.6 Å². The number of carbonyl (C=O) groups excluding carboxylic acids is 1. The number of aromatic nitrogens is 2. The second-order valence-corrected chi connectivity index (χ2v) is 7.66. The highest BCUT2D eigenvalue weighted by atomic mass is 19.1. The van der Waals surface area contributed by atoms with Crippen LogP contribution in [-0.4, -0.2) is 47.0 Å². The summed E-state index contributed by atoms with van der Waals surface area (Å²) in [5.74, 6) is 0.962. The molecule has 0 spiro atoms. The lowest BCUT2D eigenvalue weighted by Gasteiger charge is -2.35. The first-order chi connectivity index (χ1) is 14.6. The summed E-state index contributed by atoms with van der Waals surface area (Å²) in [5, 5.41) is 0.925. The smallest absolute Gasteiger partial charge is 0.227 e. The SMILES string of the molecule is CCN(CC)C(=O)C1CCCN(c2nc(-c3ccccc3F)nc3ccccc23)C1. The number of fused-ring (bicyclic) bond motifs is 1. The molecule has 156 valence electrons. The van der Waals surface area contributed by atoms with Gasteiger partial charge in [-0.1, -0.05) is 24.3 Å². The molecule has 0 aliphatic carbocycles. The van der Waals surface area contributed by atoms with Gasteiger partial charge in [-0.3, -0.25) is 4.79 Å². The van der Waals surface area contributed by atoms with Crippen molar-refractivity contribution in [3.8, 4) is 11.4 Å². The van der Waals surface area contributed by atoms with E-state index in [1.54, 1.807) is 18.2 Å². The van der Waals surface area contributed by atoms with E-state index in [4.69, 9.17) is 4.98 Å². The number of amides is 1. The van der Waals surface area contributed by atoms with Crippen molar-refractivity contribution in [2.24, 2.45) is 5.92 Å². The van der Waals surface area contributed by atoms with E-state index in [9.17, 15) is 9.18 Å². The van der Waals surface area contributed by atoms with Crippen molar-refractivity contribution in [2.45, 2.75) is 26.7 Å². The average Bonchev–Trinajstić information content (AvgIpc) is 2.79. The quantitative estimate of drug-likeness (QED) is 0.625. The van der Waals surface area contributed by atoms with Crippen LogP contribution < -0.4 is 4.90 Å². The molecule has 1 unspecified atom stereocenters. The highest BCUT2D eigenvalue weighted by molar-refractivity contribution is 5.91. The summed E-state index contributed by atoms with van der Waals surface area (Å²) in [7, 11) is 0. The third-order valence-electron chi connectivity index (χ3n) is 5.84. The normalized spacial score (nSPS) is 16.6. The van der Waals surface area contributed by atoms with Crippen molar-refractivity contribution in [3.63, 3.8) is 0 Å². The molecular formula is C24H27FN4O. The Morgan fingerprint density at radius 3 is 2.60 bits per heavy atom. The molecule has 6 heteroatoms. The molecular weight excluding hydrogens is 379 g/mol. The number of carbonyl (C=O) groups is 1. The standard InChI is InChI=1S/C24H27FN4O/c1-3-28(4-2)24(30)17-10-9-15-29(16-17)23-19-12-6-8-14-21(19)26-22(27-23)18-11-5-7-13-20(18)25/h5-8,11-14,17H,3-4,9-10,15-16H2,1-2H3. The predicted molar refractivity (Wildman–Crippen MR) is 118 cm³/mol. The van der Waals surface area contributed by atoms with Crippen LogP contribution in [0.5, 0.6) is 0 Å². The number of halogens is 1. The Morgan fingerprint density at radius 1 is 1.10 bits per heavy atom. The van der Waals surface area contributed by atoms with E-state index in [0.29, 0.717) is 17.9 Å². The molecule has 1 fully saturated rings. The van der Waals surface area contributed by atoms with Crippen molar-refractivity contribution in [2.75, 3.05) is 31.1 Å². The van der Waals surface area contributed by atoms with Crippen LogP contribution in [0.15, 0.2) is 48.5 Å². The zero-order valence-corrected chi connectivity index (χ0v) is 17.5. The molecule has 1 saturated heterocycles. The van der Waals surface area contributed by atoms with Gasteiger partial charge in [-0.05, 0) is 51.0 Å². The second kappa shape index (κ2) is 8.78. The molecule has 2 aromatic carbocycles. The first-order valence-corrected chi connectivity index (χ1v) is 10.7. The summed E-state index contributed by atoms with van der Waals surface area (Å²) in [4.78, 5) is 26.4. The van der Waals surface area contributed by atoms with Crippen molar-refractivity contribution < 1.29 is 9.18 Å². The maximum atomic E-state index is 14.4. The molecule has 1 aliphatic heterocycles. The second-order valence-electron chi connectivity index (χ2n) is 7.66. The van der Waals surface area contributed by atoms with Gasteiger partial charge in [0.15, 0.2) is 5.82 Å². The molecule has 0 saturated carbocycles. The molecule has 4 rings (SSSR count). The van der Waals surface area contributed by atoms with Gasteiger partial charge in [0.05, 0.1) is 17.0 Å². The topological polar surface area (TPSA) is 49.3 Å². The minimum absolute atomic E-state index is 0.0516. The molecule has 5 nitrogen and oxygen atoms in total. The lowest BCUT2D eigenvalue weighted by atomic mass is 9.96. The van der Waals surface area contributed by atoms with Crippen LogP contribution in [0.2, 0.25) is 0 Å². The Hall–Kier alpha value is -3.02. The van der Waals surface area contributed by atoms with Crippen LogP contribution in [0.1, 0.15) is 26.7 Å². The minimum atomic E-state index is -0.341. The van der Waals surface area contributed by atoms with Gasteiger partial charge in [-0.25, -0.2) is 14.4 Å². The first kappa shape index (κ1) is 20.3. The fourth-order valence-electron chi connectivity index (χ4n) is 4.23. The molecule has 1 aromatic heterocycles. The zero-order valence-electron chi connectivity index (χ0n) is 17.5. The summed E-state index contributed by atoms with van der Waals surface area (Å²) < 4.78 is 14.4. The largest absolute Gasteiger partial charge is 0.355 e. The molecule has 3 aromatic rings. The predicted octanol–water partition coefficient (Wildman–Crippen LogP) is 4.52. The van der Waals surface area contributed by atoms with E-state index < -0.39 is 0 Å². The van der Waals surface area contributed by atoms with Crippen molar-refractivity contribution >= 4 is 22.6 Å². The number of hydrogen-bond donors (Lipinski definition) is 0. The molecule has 0 N–H and O–H groups in total. The Balaban J connectivity index is 1.74. The molecule has 0 radical (unpaired) electrons.